The lowest BCUT2D eigenvalue weighted by Gasteiger charge is -2.47. The van der Waals surface area contributed by atoms with Crippen molar-refractivity contribution in [1.82, 2.24) is 0 Å². The number of hydrogen-bond donors (Lipinski definition) is 1. The molecule has 1 aromatic rings. The summed E-state index contributed by atoms with van der Waals surface area (Å²) >= 11 is 0. The van der Waals surface area contributed by atoms with Gasteiger partial charge in [-0.3, -0.25) is 0 Å². The molecule has 2 rings (SSSR count). The quantitative estimate of drug-likeness (QED) is 0.684. The van der Waals surface area contributed by atoms with Crippen LogP contribution in [0.5, 0.6) is 5.75 Å². The summed E-state index contributed by atoms with van der Waals surface area (Å²) < 4.78 is 0. The number of aromatic hydroxyl groups is 1. The molecular weight excluding hydrogens is 184 g/mol. The van der Waals surface area contributed by atoms with Crippen LogP contribution in [0, 0.1) is 5.41 Å². The first-order chi connectivity index (χ1) is 6.84. The fraction of sp³-hybridized carbons (Fsp3) is 0.571. The molecule has 0 amide bonds. The largest absolute Gasteiger partial charge is 0.508 e. The zero-order valence-electron chi connectivity index (χ0n) is 10.1. The first-order valence-corrected chi connectivity index (χ1v) is 5.67. The smallest absolute Gasteiger partial charge is 0.115 e. The Balaban J connectivity index is 2.58. The van der Waals surface area contributed by atoms with E-state index < -0.39 is 0 Å². The highest BCUT2D eigenvalue weighted by atomic mass is 16.3. The van der Waals surface area contributed by atoms with E-state index in [1.165, 1.54) is 17.5 Å². The maximum atomic E-state index is 9.49. The lowest BCUT2D eigenvalue weighted by Crippen LogP contribution is -2.40. The Morgan fingerprint density at radius 1 is 1.13 bits per heavy atom. The van der Waals surface area contributed by atoms with E-state index in [0.717, 1.165) is 6.42 Å². The van der Waals surface area contributed by atoms with Gasteiger partial charge in [-0.15, -0.1) is 0 Å². The average molecular weight is 204 g/mol. The molecule has 0 atom stereocenters. The van der Waals surface area contributed by atoms with Gasteiger partial charge in [0.05, 0.1) is 0 Å². The Bertz CT molecular complexity index is 388. The number of rotatable bonds is 0. The van der Waals surface area contributed by atoms with Crippen molar-refractivity contribution in [2.45, 2.75) is 46.0 Å². The van der Waals surface area contributed by atoms with Crippen molar-refractivity contribution in [3.63, 3.8) is 0 Å². The van der Waals surface area contributed by atoms with E-state index in [0.29, 0.717) is 11.2 Å². The van der Waals surface area contributed by atoms with Crippen LogP contribution in [0.2, 0.25) is 0 Å². The molecule has 0 aromatic heterocycles. The van der Waals surface area contributed by atoms with Gasteiger partial charge in [0.1, 0.15) is 5.75 Å². The van der Waals surface area contributed by atoms with E-state index in [9.17, 15) is 5.11 Å². The van der Waals surface area contributed by atoms with Crippen LogP contribution in [0.15, 0.2) is 18.2 Å². The molecule has 1 aliphatic carbocycles. The maximum Gasteiger partial charge on any atom is 0.115 e. The molecule has 1 aliphatic rings. The Morgan fingerprint density at radius 2 is 1.80 bits per heavy atom. The normalized spacial score (nSPS) is 22.1. The van der Waals surface area contributed by atoms with E-state index in [1.54, 1.807) is 0 Å². The molecule has 0 fully saturated rings. The summed E-state index contributed by atoms with van der Waals surface area (Å²) in [6.07, 6.45) is 2.27. The Hall–Kier alpha value is -0.980. The molecule has 1 aromatic carbocycles. The average Bonchev–Trinajstić information content (AvgIpc) is 2.12. The monoisotopic (exact) mass is 204 g/mol. The topological polar surface area (TPSA) is 20.2 Å². The first kappa shape index (κ1) is 10.5. The number of phenols is 1. The molecule has 0 saturated heterocycles. The van der Waals surface area contributed by atoms with Gasteiger partial charge in [0.2, 0.25) is 0 Å². The lowest BCUT2D eigenvalue weighted by atomic mass is 9.57. The van der Waals surface area contributed by atoms with Crippen molar-refractivity contribution in [3.05, 3.63) is 29.3 Å². The summed E-state index contributed by atoms with van der Waals surface area (Å²) in [4.78, 5) is 0. The van der Waals surface area contributed by atoms with E-state index in [-0.39, 0.29) is 5.41 Å². The molecule has 0 spiro atoms. The summed E-state index contributed by atoms with van der Waals surface area (Å²) in [5.41, 5.74) is 3.24. The number of hydrogen-bond acceptors (Lipinski definition) is 1. The van der Waals surface area contributed by atoms with Gasteiger partial charge in [0.25, 0.3) is 0 Å². The maximum absolute atomic E-state index is 9.49. The highest BCUT2D eigenvalue weighted by Crippen LogP contribution is 2.49. The molecular formula is C14H20O. The summed E-state index contributed by atoms with van der Waals surface area (Å²) in [5, 5.41) is 9.49. The van der Waals surface area contributed by atoms with Crippen LogP contribution in [0.4, 0.5) is 0 Å². The predicted octanol–water partition coefficient (Wildman–Crippen LogP) is 3.64. The van der Waals surface area contributed by atoms with Gasteiger partial charge in [-0.2, -0.15) is 0 Å². The van der Waals surface area contributed by atoms with Crippen molar-refractivity contribution in [2.24, 2.45) is 5.41 Å². The van der Waals surface area contributed by atoms with Gasteiger partial charge < -0.3 is 5.11 Å². The van der Waals surface area contributed by atoms with E-state index >= 15 is 0 Å². The highest BCUT2D eigenvalue weighted by Gasteiger charge is 2.42. The summed E-state index contributed by atoms with van der Waals surface area (Å²) in [6.45, 7) is 9.29. The van der Waals surface area contributed by atoms with Crippen LogP contribution >= 0.6 is 0 Å². The van der Waals surface area contributed by atoms with E-state index in [2.05, 4.69) is 33.8 Å². The summed E-state index contributed by atoms with van der Waals surface area (Å²) in [6, 6.07) is 5.82. The fourth-order valence-corrected chi connectivity index (χ4v) is 2.52. The van der Waals surface area contributed by atoms with Crippen molar-refractivity contribution in [1.29, 1.82) is 0 Å². The van der Waals surface area contributed by atoms with Crippen LogP contribution in [0.3, 0.4) is 0 Å². The van der Waals surface area contributed by atoms with Gasteiger partial charge in [-0.25, -0.2) is 0 Å². The summed E-state index contributed by atoms with van der Waals surface area (Å²) in [5.74, 6) is 0.393. The number of benzene rings is 1. The molecule has 0 bridgehead atoms. The SMILES string of the molecule is CC1(C)CCc2cc(O)ccc2C1(C)C. The lowest BCUT2D eigenvalue weighted by molar-refractivity contribution is 0.165. The van der Waals surface area contributed by atoms with Crippen LogP contribution in [-0.4, -0.2) is 5.11 Å². The minimum absolute atomic E-state index is 0.189. The molecule has 0 saturated carbocycles. The Labute approximate surface area is 92.1 Å². The van der Waals surface area contributed by atoms with Gasteiger partial charge in [-0.05, 0) is 46.9 Å². The molecule has 82 valence electrons. The van der Waals surface area contributed by atoms with Crippen molar-refractivity contribution >= 4 is 0 Å². The molecule has 1 heteroatoms. The van der Waals surface area contributed by atoms with Crippen molar-refractivity contribution in [3.8, 4) is 5.75 Å². The zero-order valence-corrected chi connectivity index (χ0v) is 10.1. The third-order valence-corrected chi connectivity index (χ3v) is 4.47. The molecule has 15 heavy (non-hydrogen) atoms. The Kier molecular flexibility index (Phi) is 2.11. The zero-order chi connectivity index (χ0) is 11.3. The first-order valence-electron chi connectivity index (χ1n) is 5.67. The van der Waals surface area contributed by atoms with Crippen molar-refractivity contribution < 1.29 is 5.11 Å². The standard InChI is InChI=1S/C14H20O/c1-13(2)8-7-10-9-11(15)5-6-12(10)14(13,3)4/h5-6,9,15H,7-8H2,1-4H3. The molecule has 0 unspecified atom stereocenters. The second-order valence-electron chi connectivity index (χ2n) is 5.85. The van der Waals surface area contributed by atoms with Gasteiger partial charge in [0, 0.05) is 0 Å². The number of fused-ring (bicyclic) bond motifs is 1. The number of aryl methyl sites for hydroxylation is 1. The molecule has 0 heterocycles. The van der Waals surface area contributed by atoms with E-state index in [4.69, 9.17) is 0 Å². The van der Waals surface area contributed by atoms with Crippen LogP contribution in [-0.2, 0) is 11.8 Å². The third-order valence-electron chi connectivity index (χ3n) is 4.47. The second-order valence-corrected chi connectivity index (χ2v) is 5.85. The minimum atomic E-state index is 0.189. The minimum Gasteiger partial charge on any atom is -0.508 e. The van der Waals surface area contributed by atoms with Gasteiger partial charge in [-0.1, -0.05) is 33.8 Å². The van der Waals surface area contributed by atoms with Crippen LogP contribution in [0.25, 0.3) is 0 Å². The third kappa shape index (κ3) is 1.45. The van der Waals surface area contributed by atoms with Crippen LogP contribution < -0.4 is 0 Å². The Morgan fingerprint density at radius 3 is 2.47 bits per heavy atom. The predicted molar refractivity (Wildman–Crippen MR) is 63.2 cm³/mol. The fourth-order valence-electron chi connectivity index (χ4n) is 2.52. The van der Waals surface area contributed by atoms with Crippen molar-refractivity contribution in [2.75, 3.05) is 0 Å². The van der Waals surface area contributed by atoms with Gasteiger partial charge >= 0.3 is 0 Å². The van der Waals surface area contributed by atoms with Gasteiger partial charge in [0.15, 0.2) is 0 Å². The molecule has 0 aliphatic heterocycles. The van der Waals surface area contributed by atoms with Crippen LogP contribution in [0.1, 0.15) is 45.2 Å². The summed E-state index contributed by atoms with van der Waals surface area (Å²) in [7, 11) is 0. The molecule has 1 N–H and O–H groups in total. The highest BCUT2D eigenvalue weighted by molar-refractivity contribution is 5.42. The molecule has 0 radical (unpaired) electrons. The van der Waals surface area contributed by atoms with E-state index in [1.807, 2.05) is 12.1 Å². The number of phenolic OH excluding ortho intramolecular Hbond substituents is 1. The second kappa shape index (κ2) is 3.01. The molecule has 1 nitrogen and oxygen atoms in total.